The minimum atomic E-state index is 0.221. The van der Waals surface area contributed by atoms with Crippen LogP contribution >= 0.6 is 15.9 Å². The van der Waals surface area contributed by atoms with Gasteiger partial charge < -0.3 is 5.32 Å². The molecule has 2 aromatic carbocycles. The molecular weight excluding hydrogens is 346 g/mol. The lowest BCUT2D eigenvalue weighted by Crippen LogP contribution is -2.19. The third-order valence-corrected chi connectivity index (χ3v) is 4.47. The van der Waals surface area contributed by atoms with E-state index in [0.29, 0.717) is 0 Å². The van der Waals surface area contributed by atoms with Gasteiger partial charge in [0, 0.05) is 11.0 Å². The van der Waals surface area contributed by atoms with Crippen LogP contribution in [-0.2, 0) is 11.8 Å². The van der Waals surface area contributed by atoms with Gasteiger partial charge in [0.05, 0.1) is 0 Å². The van der Waals surface area contributed by atoms with Crippen molar-refractivity contribution in [3.8, 4) is 0 Å². The summed E-state index contributed by atoms with van der Waals surface area (Å²) >= 11 is 3.50. The van der Waals surface area contributed by atoms with Crippen LogP contribution in [-0.4, -0.2) is 13.1 Å². The summed E-state index contributed by atoms with van der Waals surface area (Å²) in [6.07, 6.45) is 1.04. The van der Waals surface area contributed by atoms with E-state index < -0.39 is 0 Å². The lowest BCUT2D eigenvalue weighted by atomic mass is 9.86. The summed E-state index contributed by atoms with van der Waals surface area (Å²) < 4.78 is 1.09. The predicted octanol–water partition coefficient (Wildman–Crippen LogP) is 5.59. The van der Waals surface area contributed by atoms with E-state index in [1.54, 1.807) is 0 Å². The van der Waals surface area contributed by atoms with Crippen molar-refractivity contribution in [2.24, 2.45) is 0 Å². The third-order valence-electron chi connectivity index (χ3n) is 3.98. The minimum Gasteiger partial charge on any atom is -0.312 e. The van der Waals surface area contributed by atoms with Gasteiger partial charge in [0.15, 0.2) is 0 Å². The van der Waals surface area contributed by atoms with Crippen LogP contribution in [0, 0.1) is 0 Å². The number of hydrogen-bond donors (Lipinski definition) is 1. The first kappa shape index (κ1) is 18.0. The Morgan fingerprint density at radius 2 is 1.78 bits per heavy atom. The molecule has 0 radical (unpaired) electrons. The Bertz CT molecular complexity index is 650. The summed E-state index contributed by atoms with van der Waals surface area (Å²) in [7, 11) is 0. The number of rotatable bonds is 6. The SMILES string of the molecule is C=C(CNCCc1ccc(C(C)(C)C)cc1)c1cccc(Br)c1. The molecule has 0 atom stereocenters. The molecule has 0 unspecified atom stereocenters. The highest BCUT2D eigenvalue weighted by atomic mass is 79.9. The highest BCUT2D eigenvalue weighted by molar-refractivity contribution is 9.10. The van der Waals surface area contributed by atoms with Crippen molar-refractivity contribution >= 4 is 21.5 Å². The van der Waals surface area contributed by atoms with Crippen LogP contribution in [0.5, 0.6) is 0 Å². The van der Waals surface area contributed by atoms with Gasteiger partial charge >= 0.3 is 0 Å². The van der Waals surface area contributed by atoms with Crippen LogP contribution in [0.15, 0.2) is 59.6 Å². The van der Waals surface area contributed by atoms with E-state index in [0.717, 1.165) is 29.6 Å². The highest BCUT2D eigenvalue weighted by Gasteiger charge is 2.12. The van der Waals surface area contributed by atoms with Gasteiger partial charge in [-0.3, -0.25) is 0 Å². The van der Waals surface area contributed by atoms with Crippen molar-refractivity contribution in [1.29, 1.82) is 0 Å². The summed E-state index contributed by atoms with van der Waals surface area (Å²) in [6, 6.07) is 17.3. The fourth-order valence-corrected chi connectivity index (χ4v) is 2.85. The fraction of sp³-hybridized carbons (Fsp3) is 0.333. The molecule has 0 fully saturated rings. The molecule has 0 heterocycles. The van der Waals surface area contributed by atoms with Crippen molar-refractivity contribution in [2.75, 3.05) is 13.1 Å². The zero-order chi connectivity index (χ0) is 16.9. The second-order valence-corrected chi connectivity index (χ2v) is 7.90. The maximum atomic E-state index is 4.17. The van der Waals surface area contributed by atoms with Crippen molar-refractivity contribution in [3.05, 3.63) is 76.3 Å². The molecule has 0 aliphatic rings. The van der Waals surface area contributed by atoms with Crippen LogP contribution in [0.2, 0.25) is 0 Å². The molecular formula is C21H26BrN. The second-order valence-electron chi connectivity index (χ2n) is 6.99. The molecule has 122 valence electrons. The van der Waals surface area contributed by atoms with Gasteiger partial charge in [-0.05, 0) is 52.8 Å². The standard InChI is InChI=1S/C21H26BrN/c1-16(18-6-5-7-20(22)14-18)15-23-13-12-17-8-10-19(11-9-17)21(2,3)4/h5-11,14,23H,1,12-13,15H2,2-4H3. The van der Waals surface area contributed by atoms with E-state index in [1.807, 2.05) is 12.1 Å². The van der Waals surface area contributed by atoms with Crippen LogP contribution in [0.3, 0.4) is 0 Å². The lowest BCUT2D eigenvalue weighted by Gasteiger charge is -2.19. The van der Waals surface area contributed by atoms with Gasteiger partial charge in [-0.2, -0.15) is 0 Å². The van der Waals surface area contributed by atoms with Crippen molar-refractivity contribution < 1.29 is 0 Å². The molecule has 2 rings (SSSR count). The maximum Gasteiger partial charge on any atom is 0.0205 e. The summed E-state index contributed by atoms with van der Waals surface area (Å²) in [6.45, 7) is 12.7. The number of hydrogen-bond acceptors (Lipinski definition) is 1. The molecule has 0 aliphatic carbocycles. The zero-order valence-electron chi connectivity index (χ0n) is 14.3. The topological polar surface area (TPSA) is 12.0 Å². The Balaban J connectivity index is 1.78. The van der Waals surface area contributed by atoms with E-state index in [4.69, 9.17) is 0 Å². The van der Waals surface area contributed by atoms with E-state index in [-0.39, 0.29) is 5.41 Å². The Hall–Kier alpha value is -1.38. The van der Waals surface area contributed by atoms with Crippen molar-refractivity contribution in [1.82, 2.24) is 5.32 Å². The molecule has 0 aromatic heterocycles. The van der Waals surface area contributed by atoms with Gasteiger partial charge in [0.1, 0.15) is 0 Å². The van der Waals surface area contributed by atoms with E-state index in [9.17, 15) is 0 Å². The first-order chi connectivity index (χ1) is 10.9. The molecule has 23 heavy (non-hydrogen) atoms. The average Bonchev–Trinajstić information content (AvgIpc) is 2.51. The van der Waals surface area contributed by atoms with Crippen LogP contribution in [0.4, 0.5) is 0 Å². The Morgan fingerprint density at radius 1 is 1.09 bits per heavy atom. The van der Waals surface area contributed by atoms with Gasteiger partial charge in [0.2, 0.25) is 0 Å². The molecule has 1 N–H and O–H groups in total. The van der Waals surface area contributed by atoms with Gasteiger partial charge in [0.25, 0.3) is 0 Å². The molecule has 0 spiro atoms. The average molecular weight is 372 g/mol. The van der Waals surface area contributed by atoms with Crippen molar-refractivity contribution in [2.45, 2.75) is 32.6 Å². The summed E-state index contributed by atoms with van der Waals surface area (Å²) in [4.78, 5) is 0. The zero-order valence-corrected chi connectivity index (χ0v) is 15.9. The number of halogens is 1. The molecule has 0 bridgehead atoms. The first-order valence-corrected chi connectivity index (χ1v) is 8.89. The first-order valence-electron chi connectivity index (χ1n) is 8.10. The second kappa shape index (κ2) is 7.94. The number of nitrogens with one attached hydrogen (secondary N) is 1. The largest absolute Gasteiger partial charge is 0.312 e. The van der Waals surface area contributed by atoms with E-state index in [2.05, 4.69) is 85.0 Å². The lowest BCUT2D eigenvalue weighted by molar-refractivity contribution is 0.590. The number of benzene rings is 2. The van der Waals surface area contributed by atoms with Crippen molar-refractivity contribution in [3.63, 3.8) is 0 Å². The van der Waals surface area contributed by atoms with Crippen LogP contribution in [0.1, 0.15) is 37.5 Å². The van der Waals surface area contributed by atoms with Gasteiger partial charge in [-0.1, -0.05) is 79.7 Å². The summed E-state index contributed by atoms with van der Waals surface area (Å²) in [5, 5.41) is 3.48. The molecule has 1 nitrogen and oxygen atoms in total. The maximum absolute atomic E-state index is 4.17. The summed E-state index contributed by atoms with van der Waals surface area (Å²) in [5.41, 5.74) is 5.28. The monoisotopic (exact) mass is 371 g/mol. The Kier molecular flexibility index (Phi) is 6.20. The molecule has 0 aliphatic heterocycles. The Morgan fingerprint density at radius 3 is 2.39 bits per heavy atom. The van der Waals surface area contributed by atoms with Crippen LogP contribution in [0.25, 0.3) is 5.57 Å². The Labute approximate surface area is 149 Å². The molecule has 0 amide bonds. The van der Waals surface area contributed by atoms with E-state index in [1.165, 1.54) is 16.7 Å². The molecule has 2 heteroatoms. The molecule has 0 saturated heterocycles. The van der Waals surface area contributed by atoms with Gasteiger partial charge in [-0.25, -0.2) is 0 Å². The molecule has 0 saturated carbocycles. The normalized spacial score (nSPS) is 11.5. The quantitative estimate of drug-likeness (QED) is 0.652. The third kappa shape index (κ3) is 5.63. The highest BCUT2D eigenvalue weighted by Crippen LogP contribution is 2.22. The summed E-state index contributed by atoms with van der Waals surface area (Å²) in [5.74, 6) is 0. The predicted molar refractivity (Wildman–Crippen MR) is 105 cm³/mol. The van der Waals surface area contributed by atoms with Gasteiger partial charge in [-0.15, -0.1) is 0 Å². The molecule has 2 aromatic rings. The smallest absolute Gasteiger partial charge is 0.0205 e. The van der Waals surface area contributed by atoms with Crippen LogP contribution < -0.4 is 5.32 Å². The minimum absolute atomic E-state index is 0.221. The van der Waals surface area contributed by atoms with E-state index >= 15 is 0 Å². The fourth-order valence-electron chi connectivity index (χ4n) is 2.45.